The van der Waals surface area contributed by atoms with Crippen molar-refractivity contribution < 1.29 is 19.4 Å². The van der Waals surface area contributed by atoms with Crippen molar-refractivity contribution in [2.75, 3.05) is 46.5 Å². The van der Waals surface area contributed by atoms with Crippen LogP contribution in [-0.2, 0) is 4.79 Å². The molecule has 6 nitrogen and oxygen atoms in total. The Morgan fingerprint density at radius 2 is 1.92 bits per heavy atom. The van der Waals surface area contributed by atoms with E-state index in [0.29, 0.717) is 11.7 Å². The number of likely N-dealkylation sites (tertiary alicyclic amines) is 1. The summed E-state index contributed by atoms with van der Waals surface area (Å²) in [4.78, 5) is 14.3. The van der Waals surface area contributed by atoms with E-state index in [-0.39, 0.29) is 24.5 Å². The highest BCUT2D eigenvalue weighted by Gasteiger charge is 2.43. The number of nitrogens with zero attached hydrogens (tertiary/aromatic N) is 1. The van der Waals surface area contributed by atoms with Crippen LogP contribution in [0, 0.1) is 11.3 Å². The molecule has 0 aromatic heterocycles. The van der Waals surface area contributed by atoms with E-state index in [0.717, 1.165) is 51.2 Å². The number of ether oxygens (including phenoxy) is 2. The molecule has 1 spiro atoms. The molecule has 138 valence electrons. The minimum absolute atomic E-state index is 0.0279. The Bertz CT molecular complexity index is 567. The highest BCUT2D eigenvalue weighted by Crippen LogP contribution is 2.43. The number of benzene rings is 1. The maximum absolute atomic E-state index is 12.4. The van der Waals surface area contributed by atoms with Gasteiger partial charge in [0.1, 0.15) is 11.5 Å². The van der Waals surface area contributed by atoms with Crippen LogP contribution in [0.25, 0.3) is 0 Å². The molecule has 2 N–H and O–H groups in total. The predicted molar refractivity (Wildman–Crippen MR) is 94.8 cm³/mol. The number of carbonyl (C=O) groups is 1. The number of rotatable bonds is 5. The van der Waals surface area contributed by atoms with Gasteiger partial charge >= 0.3 is 0 Å². The van der Waals surface area contributed by atoms with Crippen LogP contribution in [0.15, 0.2) is 24.3 Å². The molecule has 0 saturated carbocycles. The lowest BCUT2D eigenvalue weighted by Gasteiger charge is -2.49. The predicted octanol–water partition coefficient (Wildman–Crippen LogP) is 1.28. The van der Waals surface area contributed by atoms with Crippen LogP contribution in [0.5, 0.6) is 11.5 Å². The topological polar surface area (TPSA) is 71.0 Å². The summed E-state index contributed by atoms with van der Waals surface area (Å²) in [6.45, 7) is 3.67. The molecule has 1 aromatic rings. The van der Waals surface area contributed by atoms with Crippen molar-refractivity contribution in [3.8, 4) is 11.5 Å². The maximum Gasteiger partial charge on any atom is 0.260 e. The minimum Gasteiger partial charge on any atom is -0.497 e. The Kier molecular flexibility index (Phi) is 5.81. The lowest BCUT2D eigenvalue weighted by atomic mass is 9.65. The maximum atomic E-state index is 12.4. The normalized spacial score (nSPS) is 22.6. The summed E-state index contributed by atoms with van der Waals surface area (Å²) in [6.07, 6.45) is 3.02. The van der Waals surface area contributed by atoms with E-state index >= 15 is 0 Å². The first-order valence-electron chi connectivity index (χ1n) is 9.03. The molecule has 2 aliphatic heterocycles. The zero-order chi connectivity index (χ0) is 17.7. The second-order valence-corrected chi connectivity index (χ2v) is 7.04. The molecular weight excluding hydrogens is 320 g/mol. The highest BCUT2D eigenvalue weighted by atomic mass is 16.5. The van der Waals surface area contributed by atoms with Crippen molar-refractivity contribution in [3.05, 3.63) is 24.3 Å². The summed E-state index contributed by atoms with van der Waals surface area (Å²) < 4.78 is 10.7. The summed E-state index contributed by atoms with van der Waals surface area (Å²) in [5.74, 6) is 1.76. The third-order valence-corrected chi connectivity index (χ3v) is 5.81. The summed E-state index contributed by atoms with van der Waals surface area (Å²) in [5, 5.41) is 13.1. The molecule has 2 heterocycles. The van der Waals surface area contributed by atoms with Gasteiger partial charge < -0.3 is 24.8 Å². The molecule has 2 aliphatic rings. The molecule has 6 heteroatoms. The Morgan fingerprint density at radius 1 is 1.24 bits per heavy atom. The molecule has 0 bridgehead atoms. The molecule has 1 amide bonds. The first-order chi connectivity index (χ1) is 12.2. The Hall–Kier alpha value is -1.79. The molecule has 1 atom stereocenters. The SMILES string of the molecule is COc1ccc(OCC(=O)N2CCC3(CCNCC3CO)CC2)cc1. The number of hydrogen-bond acceptors (Lipinski definition) is 5. The molecule has 2 fully saturated rings. The van der Waals surface area contributed by atoms with Crippen LogP contribution in [0.4, 0.5) is 0 Å². The number of carbonyl (C=O) groups excluding carboxylic acids is 1. The van der Waals surface area contributed by atoms with Crippen LogP contribution < -0.4 is 14.8 Å². The van der Waals surface area contributed by atoms with Gasteiger partial charge in [-0.1, -0.05) is 0 Å². The zero-order valence-electron chi connectivity index (χ0n) is 14.9. The summed E-state index contributed by atoms with van der Waals surface area (Å²) in [7, 11) is 1.62. The van der Waals surface area contributed by atoms with Crippen molar-refractivity contribution in [1.29, 1.82) is 0 Å². The molecule has 25 heavy (non-hydrogen) atoms. The van der Waals surface area contributed by atoms with Crippen LogP contribution in [0.1, 0.15) is 19.3 Å². The fourth-order valence-electron chi connectivity index (χ4n) is 4.06. The average molecular weight is 348 g/mol. The van der Waals surface area contributed by atoms with Gasteiger partial charge in [-0.2, -0.15) is 0 Å². The molecule has 2 saturated heterocycles. The number of aliphatic hydroxyl groups is 1. The van der Waals surface area contributed by atoms with Gasteiger partial charge in [0.05, 0.1) is 7.11 Å². The molecule has 3 rings (SSSR count). The number of methoxy groups -OCH3 is 1. The van der Waals surface area contributed by atoms with Crippen LogP contribution in [0.3, 0.4) is 0 Å². The van der Waals surface area contributed by atoms with Gasteiger partial charge in [0.25, 0.3) is 5.91 Å². The lowest BCUT2D eigenvalue weighted by Crippen LogP contribution is -2.53. The largest absolute Gasteiger partial charge is 0.497 e. The van der Waals surface area contributed by atoms with E-state index < -0.39 is 0 Å². The van der Waals surface area contributed by atoms with Crippen molar-refractivity contribution in [3.63, 3.8) is 0 Å². The van der Waals surface area contributed by atoms with E-state index in [1.807, 2.05) is 17.0 Å². The van der Waals surface area contributed by atoms with Crippen molar-refractivity contribution in [1.82, 2.24) is 10.2 Å². The van der Waals surface area contributed by atoms with Crippen molar-refractivity contribution >= 4 is 5.91 Å². The standard InChI is InChI=1S/C19H28N2O4/c1-24-16-2-4-17(5-3-16)25-14-18(23)21-10-7-19(8-11-21)6-9-20-12-15(19)13-22/h2-5,15,20,22H,6-14H2,1H3. The highest BCUT2D eigenvalue weighted by molar-refractivity contribution is 5.77. The Morgan fingerprint density at radius 3 is 2.56 bits per heavy atom. The van der Waals surface area contributed by atoms with E-state index in [9.17, 15) is 9.90 Å². The van der Waals surface area contributed by atoms with E-state index in [4.69, 9.17) is 9.47 Å². The average Bonchev–Trinajstić information content (AvgIpc) is 2.67. The minimum atomic E-state index is 0.0279. The Labute approximate surface area is 149 Å². The van der Waals surface area contributed by atoms with E-state index in [1.54, 1.807) is 19.2 Å². The van der Waals surface area contributed by atoms with Gasteiger partial charge in [-0.3, -0.25) is 4.79 Å². The van der Waals surface area contributed by atoms with Crippen molar-refractivity contribution in [2.45, 2.75) is 19.3 Å². The molecule has 1 unspecified atom stereocenters. The van der Waals surface area contributed by atoms with Crippen LogP contribution in [0.2, 0.25) is 0 Å². The number of aliphatic hydroxyl groups excluding tert-OH is 1. The lowest BCUT2D eigenvalue weighted by molar-refractivity contribution is -0.137. The number of amides is 1. The van der Waals surface area contributed by atoms with Crippen molar-refractivity contribution in [2.24, 2.45) is 11.3 Å². The van der Waals surface area contributed by atoms with Gasteiger partial charge in [0.2, 0.25) is 0 Å². The molecule has 0 aliphatic carbocycles. The first kappa shape index (κ1) is 18.0. The summed E-state index contributed by atoms with van der Waals surface area (Å²) in [6, 6.07) is 7.24. The summed E-state index contributed by atoms with van der Waals surface area (Å²) >= 11 is 0. The van der Waals surface area contributed by atoms with Crippen LogP contribution in [-0.4, -0.2) is 62.4 Å². The second kappa shape index (κ2) is 8.06. The molecular formula is C19H28N2O4. The van der Waals surface area contributed by atoms with E-state index in [1.165, 1.54) is 0 Å². The number of nitrogens with one attached hydrogen (secondary N) is 1. The second-order valence-electron chi connectivity index (χ2n) is 7.04. The molecule has 0 radical (unpaired) electrons. The van der Waals surface area contributed by atoms with Gasteiger partial charge in [0, 0.05) is 32.2 Å². The van der Waals surface area contributed by atoms with Crippen LogP contribution >= 0.6 is 0 Å². The number of hydrogen-bond donors (Lipinski definition) is 2. The third-order valence-electron chi connectivity index (χ3n) is 5.81. The van der Waals surface area contributed by atoms with Gasteiger partial charge in [-0.25, -0.2) is 0 Å². The number of piperidine rings is 2. The molecule has 1 aromatic carbocycles. The zero-order valence-corrected chi connectivity index (χ0v) is 14.9. The van der Waals surface area contributed by atoms with Gasteiger partial charge in [-0.05, 0) is 55.5 Å². The quantitative estimate of drug-likeness (QED) is 0.839. The fourth-order valence-corrected chi connectivity index (χ4v) is 4.06. The third kappa shape index (κ3) is 4.07. The summed E-state index contributed by atoms with van der Waals surface area (Å²) in [5.41, 5.74) is 0.188. The fraction of sp³-hybridized carbons (Fsp3) is 0.632. The Balaban J connectivity index is 1.49. The van der Waals surface area contributed by atoms with Gasteiger partial charge in [0.15, 0.2) is 6.61 Å². The smallest absolute Gasteiger partial charge is 0.260 e. The van der Waals surface area contributed by atoms with Gasteiger partial charge in [-0.15, -0.1) is 0 Å². The first-order valence-corrected chi connectivity index (χ1v) is 9.03. The monoisotopic (exact) mass is 348 g/mol. The van der Waals surface area contributed by atoms with E-state index in [2.05, 4.69) is 5.32 Å².